The second-order valence-electron chi connectivity index (χ2n) is 9.54. The molecule has 2 aromatic carbocycles. The normalized spacial score (nSPS) is 21.1. The lowest BCUT2D eigenvalue weighted by Crippen LogP contribution is -2.37. The minimum absolute atomic E-state index is 0.00580. The van der Waals surface area contributed by atoms with Crippen LogP contribution in [0.15, 0.2) is 48.5 Å². The zero-order valence-electron chi connectivity index (χ0n) is 19.9. The van der Waals surface area contributed by atoms with Crippen LogP contribution in [0.1, 0.15) is 40.0 Å². The Kier molecular flexibility index (Phi) is 6.54. The van der Waals surface area contributed by atoms with Gasteiger partial charge in [0, 0.05) is 0 Å². The lowest BCUT2D eigenvalue weighted by Gasteiger charge is -2.36. The number of methoxy groups -OCH3 is 1. The largest absolute Gasteiger partial charge is 0.497 e. The minimum atomic E-state index is -0.161. The fourth-order valence-corrected chi connectivity index (χ4v) is 5.22. The van der Waals surface area contributed by atoms with Crippen molar-refractivity contribution < 1.29 is 18.8 Å². The van der Waals surface area contributed by atoms with Crippen LogP contribution in [0, 0.1) is 17.8 Å². The molecule has 32 heavy (non-hydrogen) atoms. The van der Waals surface area contributed by atoms with Crippen LogP contribution in [0.3, 0.4) is 0 Å². The highest BCUT2D eigenvalue weighted by Gasteiger charge is 2.34. The number of rotatable bonds is 6. The number of hydrogen-bond donors (Lipinski definition) is 0. The van der Waals surface area contributed by atoms with E-state index in [-0.39, 0.29) is 18.6 Å². The van der Waals surface area contributed by atoms with Crippen LogP contribution in [-0.2, 0) is 23.1 Å². The third-order valence-corrected chi connectivity index (χ3v) is 6.99. The zero-order chi connectivity index (χ0) is 22.8. The molecule has 4 rings (SSSR count). The first-order chi connectivity index (χ1) is 15.4. The number of ether oxygens (including phenoxy) is 2. The van der Waals surface area contributed by atoms with Gasteiger partial charge in [0.1, 0.15) is 11.9 Å². The molecule has 1 heterocycles. The van der Waals surface area contributed by atoms with E-state index in [0.717, 1.165) is 41.0 Å². The Morgan fingerprint density at radius 1 is 1.12 bits per heavy atom. The lowest BCUT2D eigenvalue weighted by molar-refractivity contribution is -0.634. The predicted molar refractivity (Wildman–Crippen MR) is 126 cm³/mol. The molecule has 5 heteroatoms. The maximum absolute atomic E-state index is 13.2. The Hall–Kier alpha value is -2.82. The quantitative estimate of drug-likeness (QED) is 0.398. The molecule has 1 aliphatic carbocycles. The van der Waals surface area contributed by atoms with Crippen LogP contribution in [0.2, 0.25) is 0 Å². The summed E-state index contributed by atoms with van der Waals surface area (Å²) in [7, 11) is 3.71. The average Bonchev–Trinajstić information content (AvgIpc) is 3.05. The average molecular weight is 436 g/mol. The van der Waals surface area contributed by atoms with Gasteiger partial charge in [-0.25, -0.2) is 13.9 Å². The van der Waals surface area contributed by atoms with Crippen molar-refractivity contribution in [1.82, 2.24) is 4.57 Å². The van der Waals surface area contributed by atoms with E-state index in [1.807, 2.05) is 43.4 Å². The van der Waals surface area contributed by atoms with Gasteiger partial charge in [-0.15, -0.1) is 0 Å². The Bertz CT molecular complexity index is 1080. The summed E-state index contributed by atoms with van der Waals surface area (Å²) in [6.07, 6.45) is 3.32. The molecule has 170 valence electrons. The lowest BCUT2D eigenvalue weighted by atomic mass is 9.75. The van der Waals surface area contributed by atoms with E-state index in [1.54, 1.807) is 7.11 Å². The molecule has 3 aromatic rings. The van der Waals surface area contributed by atoms with E-state index >= 15 is 0 Å². The monoisotopic (exact) mass is 435 g/mol. The highest BCUT2D eigenvalue weighted by Crippen LogP contribution is 2.35. The molecule has 1 aromatic heterocycles. The molecule has 1 fully saturated rings. The first-order valence-electron chi connectivity index (χ1n) is 11.7. The van der Waals surface area contributed by atoms with Crippen molar-refractivity contribution in [2.75, 3.05) is 7.11 Å². The maximum Gasteiger partial charge on any atom is 0.348 e. The van der Waals surface area contributed by atoms with Crippen molar-refractivity contribution in [1.29, 1.82) is 0 Å². The second kappa shape index (κ2) is 9.35. The molecule has 3 atom stereocenters. The number of esters is 1. The van der Waals surface area contributed by atoms with Gasteiger partial charge in [-0.3, -0.25) is 0 Å². The van der Waals surface area contributed by atoms with Crippen LogP contribution in [0.4, 0.5) is 0 Å². The molecular formula is C27H35N2O3+. The summed E-state index contributed by atoms with van der Waals surface area (Å²) < 4.78 is 15.7. The summed E-state index contributed by atoms with van der Waals surface area (Å²) in [5.74, 6) is 3.18. The number of imidazole rings is 1. The van der Waals surface area contributed by atoms with Crippen molar-refractivity contribution in [2.45, 2.75) is 52.7 Å². The number of hydrogen-bond acceptors (Lipinski definition) is 3. The summed E-state index contributed by atoms with van der Waals surface area (Å²) in [6, 6.07) is 16.2. The summed E-state index contributed by atoms with van der Waals surface area (Å²) in [4.78, 5) is 13.2. The van der Waals surface area contributed by atoms with E-state index in [9.17, 15) is 4.79 Å². The molecule has 1 aliphatic rings. The van der Waals surface area contributed by atoms with Crippen LogP contribution >= 0.6 is 0 Å². The molecular weight excluding hydrogens is 400 g/mol. The number of nitrogens with zero attached hydrogens (tertiary/aromatic N) is 2. The molecule has 0 bridgehead atoms. The SMILES string of the molecule is COc1ccc(-c2n(CC(=O)OC3C[C@H](C)CC[C@H]3C(C)C)c3ccccc3[n+]2C)cc1. The summed E-state index contributed by atoms with van der Waals surface area (Å²) in [6.45, 7) is 6.93. The Morgan fingerprint density at radius 3 is 2.53 bits per heavy atom. The molecule has 1 saturated carbocycles. The number of carbonyl (C=O) groups is 1. The smallest absolute Gasteiger partial charge is 0.348 e. The first kappa shape index (κ1) is 22.4. The van der Waals surface area contributed by atoms with Crippen LogP contribution in [-0.4, -0.2) is 23.8 Å². The predicted octanol–water partition coefficient (Wildman–Crippen LogP) is 5.15. The fraction of sp³-hybridized carbons (Fsp3) is 0.481. The van der Waals surface area contributed by atoms with Gasteiger partial charge in [0.25, 0.3) is 5.82 Å². The summed E-state index contributed by atoms with van der Waals surface area (Å²) in [5.41, 5.74) is 3.14. The summed E-state index contributed by atoms with van der Waals surface area (Å²) in [5, 5.41) is 0. The van der Waals surface area contributed by atoms with Crippen LogP contribution < -0.4 is 9.30 Å². The minimum Gasteiger partial charge on any atom is -0.497 e. The molecule has 0 spiro atoms. The number of carbonyl (C=O) groups excluding carboxylic acids is 1. The van der Waals surface area contributed by atoms with Gasteiger partial charge in [-0.1, -0.05) is 39.3 Å². The van der Waals surface area contributed by atoms with Crippen molar-refractivity contribution >= 4 is 17.0 Å². The van der Waals surface area contributed by atoms with Gasteiger partial charge in [-0.2, -0.15) is 0 Å². The van der Waals surface area contributed by atoms with Gasteiger partial charge >= 0.3 is 5.97 Å². The molecule has 0 radical (unpaired) electrons. The zero-order valence-corrected chi connectivity index (χ0v) is 19.9. The third-order valence-electron chi connectivity index (χ3n) is 6.99. The topological polar surface area (TPSA) is 44.3 Å². The van der Waals surface area contributed by atoms with Crippen molar-refractivity contribution in [3.05, 3.63) is 48.5 Å². The van der Waals surface area contributed by atoms with Gasteiger partial charge in [0.05, 0.1) is 19.7 Å². The van der Waals surface area contributed by atoms with E-state index in [4.69, 9.17) is 9.47 Å². The number of benzene rings is 2. The van der Waals surface area contributed by atoms with E-state index in [1.165, 1.54) is 6.42 Å². The number of aromatic nitrogens is 2. The second-order valence-corrected chi connectivity index (χ2v) is 9.54. The molecule has 5 nitrogen and oxygen atoms in total. The van der Waals surface area contributed by atoms with Crippen molar-refractivity contribution in [3.63, 3.8) is 0 Å². The van der Waals surface area contributed by atoms with E-state index < -0.39 is 0 Å². The highest BCUT2D eigenvalue weighted by molar-refractivity contribution is 5.79. The Labute approximate surface area is 191 Å². The maximum atomic E-state index is 13.2. The van der Waals surface area contributed by atoms with Gasteiger partial charge in [0.2, 0.25) is 0 Å². The standard InChI is InChI=1S/C27H35N2O3/c1-18(2)22-15-10-19(3)16-25(22)32-26(30)17-29-24-9-7-6-8-23(24)28(4)27(29)20-11-13-21(31-5)14-12-20/h6-9,11-14,18-19,22,25H,10,15-17H2,1-5H3/q+1/t19-,22+,25?/m1/s1. The van der Waals surface area contributed by atoms with Gasteiger partial charge in [0.15, 0.2) is 17.6 Å². The molecule has 0 saturated heterocycles. The number of para-hydroxylation sites is 2. The Morgan fingerprint density at radius 2 is 1.84 bits per heavy atom. The highest BCUT2D eigenvalue weighted by atomic mass is 16.5. The number of aryl methyl sites for hydroxylation is 1. The third kappa shape index (κ3) is 4.38. The van der Waals surface area contributed by atoms with Crippen molar-refractivity contribution in [2.24, 2.45) is 24.8 Å². The first-order valence-corrected chi connectivity index (χ1v) is 11.7. The molecule has 0 N–H and O–H groups in total. The van der Waals surface area contributed by atoms with E-state index in [0.29, 0.717) is 17.8 Å². The molecule has 1 unspecified atom stereocenters. The van der Waals surface area contributed by atoms with Gasteiger partial charge in [-0.05, 0) is 67.0 Å². The number of fused-ring (bicyclic) bond motifs is 1. The van der Waals surface area contributed by atoms with E-state index in [2.05, 4.69) is 42.0 Å². The molecule has 0 aliphatic heterocycles. The van der Waals surface area contributed by atoms with Crippen LogP contribution in [0.25, 0.3) is 22.4 Å². The summed E-state index contributed by atoms with van der Waals surface area (Å²) >= 11 is 0. The molecule has 0 amide bonds. The van der Waals surface area contributed by atoms with Gasteiger partial charge < -0.3 is 9.47 Å². The fourth-order valence-electron chi connectivity index (χ4n) is 5.22. The van der Waals surface area contributed by atoms with Crippen molar-refractivity contribution in [3.8, 4) is 17.1 Å². The Balaban J connectivity index is 1.66. The van der Waals surface area contributed by atoms with Crippen LogP contribution in [0.5, 0.6) is 5.75 Å².